The summed E-state index contributed by atoms with van der Waals surface area (Å²) in [6.45, 7) is 0. The molecule has 5 nitrogen and oxygen atoms in total. The summed E-state index contributed by atoms with van der Waals surface area (Å²) in [5.41, 5.74) is 4.42. The van der Waals surface area contributed by atoms with Crippen molar-refractivity contribution in [2.45, 2.75) is 12.8 Å². The Kier molecular flexibility index (Phi) is 4.43. The number of H-pyrrole nitrogens is 1. The molecular formula is C21H18N4O. The summed E-state index contributed by atoms with van der Waals surface area (Å²) in [6.07, 6.45) is 3.33. The first-order valence-corrected chi connectivity index (χ1v) is 8.53. The number of amides is 1. The van der Waals surface area contributed by atoms with Gasteiger partial charge in [-0.15, -0.1) is 0 Å². The molecule has 0 atom stereocenters. The number of carbonyl (C=O) groups excluding carboxylic acids is 1. The van der Waals surface area contributed by atoms with Crippen LogP contribution in [-0.4, -0.2) is 20.9 Å². The summed E-state index contributed by atoms with van der Waals surface area (Å²) < 4.78 is 0. The number of hydrogen-bond acceptors (Lipinski definition) is 3. The summed E-state index contributed by atoms with van der Waals surface area (Å²) in [7, 11) is 0. The van der Waals surface area contributed by atoms with E-state index < -0.39 is 0 Å². The zero-order valence-electron chi connectivity index (χ0n) is 14.1. The number of hydrogen-bond donors (Lipinski definition) is 2. The van der Waals surface area contributed by atoms with Gasteiger partial charge in [-0.2, -0.15) is 0 Å². The largest absolute Gasteiger partial charge is 0.342 e. The van der Waals surface area contributed by atoms with Crippen LogP contribution in [0.5, 0.6) is 0 Å². The molecule has 0 saturated heterocycles. The molecule has 0 aliphatic carbocycles. The highest BCUT2D eigenvalue weighted by molar-refractivity contribution is 6.02. The monoisotopic (exact) mass is 342 g/mol. The van der Waals surface area contributed by atoms with Crippen LogP contribution in [0, 0.1) is 0 Å². The highest BCUT2D eigenvalue weighted by atomic mass is 16.1. The van der Waals surface area contributed by atoms with E-state index in [0.717, 1.165) is 35.4 Å². The highest BCUT2D eigenvalue weighted by Gasteiger charge is 2.07. The molecule has 0 bridgehead atoms. The van der Waals surface area contributed by atoms with Crippen LogP contribution in [0.15, 0.2) is 72.9 Å². The van der Waals surface area contributed by atoms with Crippen LogP contribution in [0.25, 0.3) is 11.0 Å². The Balaban J connectivity index is 1.37. The van der Waals surface area contributed by atoms with Gasteiger partial charge < -0.3 is 10.3 Å². The summed E-state index contributed by atoms with van der Waals surface area (Å²) in [5.74, 6) is 0.777. The van der Waals surface area contributed by atoms with Gasteiger partial charge in [0, 0.05) is 18.3 Å². The van der Waals surface area contributed by atoms with E-state index in [1.807, 2.05) is 48.5 Å². The van der Waals surface area contributed by atoms with E-state index in [0.29, 0.717) is 5.69 Å². The number of nitrogens with zero attached hydrogens (tertiary/aromatic N) is 2. The van der Waals surface area contributed by atoms with Crippen molar-refractivity contribution >= 4 is 22.6 Å². The Morgan fingerprint density at radius 1 is 0.923 bits per heavy atom. The molecule has 4 rings (SSSR count). The smallest absolute Gasteiger partial charge is 0.274 e. The van der Waals surface area contributed by atoms with E-state index in [1.54, 1.807) is 24.4 Å². The minimum Gasteiger partial charge on any atom is -0.342 e. The molecule has 2 heterocycles. The van der Waals surface area contributed by atoms with Gasteiger partial charge in [-0.1, -0.05) is 30.3 Å². The molecular weight excluding hydrogens is 324 g/mol. The second kappa shape index (κ2) is 7.19. The molecule has 4 aromatic rings. The van der Waals surface area contributed by atoms with Gasteiger partial charge in [0.1, 0.15) is 11.5 Å². The quantitative estimate of drug-likeness (QED) is 0.576. The Labute approximate surface area is 151 Å². The van der Waals surface area contributed by atoms with Crippen LogP contribution in [-0.2, 0) is 12.8 Å². The zero-order valence-corrected chi connectivity index (χ0v) is 14.1. The van der Waals surface area contributed by atoms with Gasteiger partial charge in [-0.05, 0) is 48.4 Å². The average Bonchev–Trinajstić information content (AvgIpc) is 3.11. The predicted molar refractivity (Wildman–Crippen MR) is 102 cm³/mol. The van der Waals surface area contributed by atoms with Gasteiger partial charge in [-0.3, -0.25) is 9.78 Å². The van der Waals surface area contributed by atoms with Crippen molar-refractivity contribution in [3.8, 4) is 0 Å². The molecule has 0 spiro atoms. The molecule has 0 unspecified atom stereocenters. The van der Waals surface area contributed by atoms with Gasteiger partial charge in [0.25, 0.3) is 5.91 Å². The van der Waals surface area contributed by atoms with Crippen molar-refractivity contribution in [3.05, 3.63) is 90.0 Å². The van der Waals surface area contributed by atoms with Gasteiger partial charge in [0.2, 0.25) is 0 Å². The van der Waals surface area contributed by atoms with Crippen molar-refractivity contribution in [1.82, 2.24) is 15.0 Å². The van der Waals surface area contributed by atoms with Crippen LogP contribution in [0.4, 0.5) is 5.69 Å². The van der Waals surface area contributed by atoms with Crippen LogP contribution in [0.3, 0.4) is 0 Å². The van der Waals surface area contributed by atoms with Crippen molar-refractivity contribution in [2.24, 2.45) is 0 Å². The average molecular weight is 342 g/mol. The van der Waals surface area contributed by atoms with Crippen molar-refractivity contribution in [3.63, 3.8) is 0 Å². The second-order valence-electron chi connectivity index (χ2n) is 6.07. The van der Waals surface area contributed by atoms with E-state index in [-0.39, 0.29) is 5.91 Å². The van der Waals surface area contributed by atoms with Crippen LogP contribution >= 0.6 is 0 Å². The number of pyridine rings is 1. The SMILES string of the molecule is O=C(Nc1ccc(CCc2nc3ccccc3[nH]2)cc1)c1ccccn1. The van der Waals surface area contributed by atoms with Crippen molar-refractivity contribution in [1.29, 1.82) is 0 Å². The number of para-hydroxylation sites is 2. The van der Waals surface area contributed by atoms with Crippen LogP contribution in [0.2, 0.25) is 0 Å². The summed E-state index contributed by atoms with van der Waals surface area (Å²) in [4.78, 5) is 24.1. The maximum Gasteiger partial charge on any atom is 0.274 e. The molecule has 26 heavy (non-hydrogen) atoms. The first kappa shape index (κ1) is 16.0. The minimum atomic E-state index is -0.208. The maximum absolute atomic E-state index is 12.1. The number of nitrogens with one attached hydrogen (secondary N) is 2. The molecule has 1 amide bonds. The molecule has 0 aliphatic rings. The zero-order chi connectivity index (χ0) is 17.8. The maximum atomic E-state index is 12.1. The molecule has 2 aromatic heterocycles. The summed E-state index contributed by atoms with van der Waals surface area (Å²) >= 11 is 0. The predicted octanol–water partition coefficient (Wildman–Crippen LogP) is 4.00. The summed E-state index contributed by atoms with van der Waals surface area (Å²) in [6, 6.07) is 21.2. The number of aromatic amines is 1. The highest BCUT2D eigenvalue weighted by Crippen LogP contribution is 2.14. The van der Waals surface area contributed by atoms with Crippen molar-refractivity contribution in [2.75, 3.05) is 5.32 Å². The van der Waals surface area contributed by atoms with E-state index >= 15 is 0 Å². The fourth-order valence-corrected chi connectivity index (χ4v) is 2.83. The van der Waals surface area contributed by atoms with Gasteiger partial charge >= 0.3 is 0 Å². The lowest BCUT2D eigenvalue weighted by atomic mass is 10.1. The van der Waals surface area contributed by atoms with E-state index in [4.69, 9.17) is 0 Å². The second-order valence-corrected chi connectivity index (χ2v) is 6.07. The molecule has 0 saturated carbocycles. The van der Waals surface area contributed by atoms with E-state index in [1.165, 1.54) is 5.56 Å². The molecule has 0 fully saturated rings. The number of benzene rings is 2. The lowest BCUT2D eigenvalue weighted by Gasteiger charge is -2.06. The fraction of sp³-hybridized carbons (Fsp3) is 0.0952. The van der Waals surface area contributed by atoms with Gasteiger partial charge in [0.05, 0.1) is 11.0 Å². The number of imidazole rings is 1. The fourth-order valence-electron chi connectivity index (χ4n) is 2.83. The number of fused-ring (bicyclic) bond motifs is 1. The number of carbonyl (C=O) groups is 1. The Hall–Kier alpha value is -3.47. The molecule has 0 radical (unpaired) electrons. The first-order chi connectivity index (χ1) is 12.8. The lowest BCUT2D eigenvalue weighted by Crippen LogP contribution is -2.13. The number of anilines is 1. The van der Waals surface area contributed by atoms with Gasteiger partial charge in [-0.25, -0.2) is 4.98 Å². The topological polar surface area (TPSA) is 70.7 Å². The third-order valence-electron chi connectivity index (χ3n) is 4.20. The number of aryl methyl sites for hydroxylation is 2. The van der Waals surface area contributed by atoms with E-state index in [9.17, 15) is 4.79 Å². The first-order valence-electron chi connectivity index (χ1n) is 8.53. The molecule has 0 aliphatic heterocycles. The molecule has 2 aromatic carbocycles. The normalized spacial score (nSPS) is 10.8. The van der Waals surface area contributed by atoms with Crippen LogP contribution < -0.4 is 5.32 Å². The Morgan fingerprint density at radius 2 is 1.73 bits per heavy atom. The third-order valence-corrected chi connectivity index (χ3v) is 4.20. The Bertz CT molecular complexity index is 990. The van der Waals surface area contributed by atoms with Gasteiger partial charge in [0.15, 0.2) is 0 Å². The summed E-state index contributed by atoms with van der Waals surface area (Å²) in [5, 5.41) is 2.86. The standard InChI is InChI=1S/C21H18N4O/c26-21(19-7-3-4-14-22-19)23-16-11-8-15(9-12-16)10-13-20-24-17-5-1-2-6-18(17)25-20/h1-9,11-12,14H,10,13H2,(H,23,26)(H,24,25). The minimum absolute atomic E-state index is 0.208. The van der Waals surface area contributed by atoms with Crippen LogP contribution in [0.1, 0.15) is 21.9 Å². The molecule has 128 valence electrons. The number of rotatable bonds is 5. The molecule has 2 N–H and O–H groups in total. The molecule has 5 heteroatoms. The lowest BCUT2D eigenvalue weighted by molar-refractivity contribution is 0.102. The number of aromatic nitrogens is 3. The Morgan fingerprint density at radius 3 is 2.50 bits per heavy atom. The van der Waals surface area contributed by atoms with Crippen molar-refractivity contribution < 1.29 is 4.79 Å². The third kappa shape index (κ3) is 3.62. The van der Waals surface area contributed by atoms with E-state index in [2.05, 4.69) is 20.3 Å².